The summed E-state index contributed by atoms with van der Waals surface area (Å²) in [6.07, 6.45) is 6.39. The molecule has 2 fully saturated rings. The minimum Gasteiger partial charge on any atom is -0.315 e. The number of piperazine rings is 1. The van der Waals surface area contributed by atoms with Crippen LogP contribution in [-0.2, 0) is 10.0 Å². The van der Waals surface area contributed by atoms with Gasteiger partial charge in [-0.25, -0.2) is 8.42 Å². The Kier molecular flexibility index (Phi) is 5.45. The number of rotatable bonds is 4. The molecule has 1 N–H and O–H groups in total. The number of likely N-dealkylation sites (N-methyl/N-ethyl adjacent to an activating group) is 1. The molecule has 20 heavy (non-hydrogen) atoms. The number of hydrogen-bond donors (Lipinski definition) is 1. The fourth-order valence-electron chi connectivity index (χ4n) is 3.71. The summed E-state index contributed by atoms with van der Waals surface area (Å²) in [4.78, 5) is 2.50. The molecule has 6 heteroatoms. The summed E-state index contributed by atoms with van der Waals surface area (Å²) in [5.74, 6) is 0.831. The molecule has 2 aliphatic rings. The Bertz CT molecular complexity index is 405. The molecule has 0 aromatic carbocycles. The van der Waals surface area contributed by atoms with Gasteiger partial charge in [0.25, 0.3) is 0 Å². The molecule has 2 rings (SSSR count). The van der Waals surface area contributed by atoms with Crippen LogP contribution in [0.15, 0.2) is 0 Å². The Hall–Kier alpha value is -0.170. The summed E-state index contributed by atoms with van der Waals surface area (Å²) in [5, 5.41) is 3.46. The van der Waals surface area contributed by atoms with Gasteiger partial charge < -0.3 is 5.32 Å². The van der Waals surface area contributed by atoms with E-state index < -0.39 is 10.0 Å². The zero-order chi connectivity index (χ0) is 14.8. The minimum atomic E-state index is -3.02. The van der Waals surface area contributed by atoms with Crippen LogP contribution in [0.4, 0.5) is 0 Å². The molecule has 3 unspecified atom stereocenters. The van der Waals surface area contributed by atoms with E-state index in [1.807, 2.05) is 0 Å². The molecule has 1 saturated heterocycles. The SMILES string of the molecule is CCC1CCC(NC)C(N2CCN(S(C)(=O)=O)CC2)C1. The molecule has 0 radical (unpaired) electrons. The van der Waals surface area contributed by atoms with Crippen LogP contribution >= 0.6 is 0 Å². The second-order valence-electron chi connectivity index (χ2n) is 6.25. The summed E-state index contributed by atoms with van der Waals surface area (Å²) in [5.41, 5.74) is 0. The van der Waals surface area contributed by atoms with E-state index in [4.69, 9.17) is 0 Å². The molecule has 0 bridgehead atoms. The van der Waals surface area contributed by atoms with Gasteiger partial charge in [-0.05, 0) is 32.2 Å². The lowest BCUT2D eigenvalue weighted by atomic mass is 9.80. The van der Waals surface area contributed by atoms with Crippen LogP contribution < -0.4 is 5.32 Å². The van der Waals surface area contributed by atoms with Crippen molar-refractivity contribution in [3.63, 3.8) is 0 Å². The fourth-order valence-corrected chi connectivity index (χ4v) is 4.54. The Morgan fingerprint density at radius 3 is 2.30 bits per heavy atom. The Balaban J connectivity index is 1.96. The largest absolute Gasteiger partial charge is 0.315 e. The van der Waals surface area contributed by atoms with Crippen LogP contribution in [0.25, 0.3) is 0 Å². The third-order valence-electron chi connectivity index (χ3n) is 5.08. The van der Waals surface area contributed by atoms with Crippen molar-refractivity contribution in [3.05, 3.63) is 0 Å². The van der Waals surface area contributed by atoms with Crippen molar-refractivity contribution in [1.29, 1.82) is 0 Å². The van der Waals surface area contributed by atoms with Crippen molar-refractivity contribution in [3.8, 4) is 0 Å². The number of nitrogens with zero attached hydrogens (tertiary/aromatic N) is 2. The topological polar surface area (TPSA) is 52.6 Å². The van der Waals surface area contributed by atoms with Crippen molar-refractivity contribution >= 4 is 10.0 Å². The van der Waals surface area contributed by atoms with E-state index in [1.165, 1.54) is 31.9 Å². The average Bonchev–Trinajstić information content (AvgIpc) is 2.45. The van der Waals surface area contributed by atoms with Gasteiger partial charge in [-0.3, -0.25) is 4.90 Å². The maximum Gasteiger partial charge on any atom is 0.211 e. The van der Waals surface area contributed by atoms with Crippen LogP contribution in [-0.4, -0.2) is 69.2 Å². The van der Waals surface area contributed by atoms with Crippen molar-refractivity contribution in [2.24, 2.45) is 5.92 Å². The van der Waals surface area contributed by atoms with Gasteiger partial charge in [-0.2, -0.15) is 4.31 Å². The Morgan fingerprint density at radius 1 is 1.15 bits per heavy atom. The van der Waals surface area contributed by atoms with Crippen LogP contribution in [0.1, 0.15) is 32.6 Å². The Labute approximate surface area is 123 Å². The predicted octanol–water partition coefficient (Wildman–Crippen LogP) is 0.730. The second-order valence-corrected chi connectivity index (χ2v) is 8.23. The van der Waals surface area contributed by atoms with Gasteiger partial charge in [0.1, 0.15) is 0 Å². The van der Waals surface area contributed by atoms with E-state index in [0.29, 0.717) is 25.2 Å². The highest BCUT2D eigenvalue weighted by Gasteiger charge is 2.35. The van der Waals surface area contributed by atoms with Crippen LogP contribution in [0, 0.1) is 5.92 Å². The summed E-state index contributed by atoms with van der Waals surface area (Å²) in [6, 6.07) is 1.13. The van der Waals surface area contributed by atoms with Gasteiger partial charge in [0.2, 0.25) is 10.0 Å². The molecule has 0 spiro atoms. The normalized spacial score (nSPS) is 34.2. The molecule has 3 atom stereocenters. The zero-order valence-corrected chi connectivity index (χ0v) is 13.8. The third-order valence-corrected chi connectivity index (χ3v) is 6.39. The molecule has 0 amide bonds. The van der Waals surface area contributed by atoms with Gasteiger partial charge in [0, 0.05) is 38.3 Å². The predicted molar refractivity (Wildman–Crippen MR) is 82.3 cm³/mol. The summed E-state index contributed by atoms with van der Waals surface area (Å²) in [7, 11) is -0.971. The van der Waals surface area contributed by atoms with Crippen LogP contribution in [0.5, 0.6) is 0 Å². The van der Waals surface area contributed by atoms with Crippen LogP contribution in [0.2, 0.25) is 0 Å². The first kappa shape index (κ1) is 16.2. The van der Waals surface area contributed by atoms with Crippen molar-refractivity contribution < 1.29 is 8.42 Å². The lowest BCUT2D eigenvalue weighted by Gasteiger charge is -2.45. The average molecular weight is 303 g/mol. The fraction of sp³-hybridized carbons (Fsp3) is 1.00. The summed E-state index contributed by atoms with van der Waals surface area (Å²) < 4.78 is 24.8. The molecule has 1 saturated carbocycles. The highest BCUT2D eigenvalue weighted by Crippen LogP contribution is 2.30. The minimum absolute atomic E-state index is 0.558. The first-order valence-corrected chi connectivity index (χ1v) is 9.67. The van der Waals surface area contributed by atoms with Gasteiger partial charge in [0.05, 0.1) is 6.26 Å². The first-order valence-electron chi connectivity index (χ1n) is 7.82. The summed E-state index contributed by atoms with van der Waals surface area (Å²) in [6.45, 7) is 5.30. The van der Waals surface area contributed by atoms with Gasteiger partial charge in [0.15, 0.2) is 0 Å². The molecule has 1 aliphatic heterocycles. The third kappa shape index (κ3) is 3.72. The van der Waals surface area contributed by atoms with Crippen molar-refractivity contribution in [1.82, 2.24) is 14.5 Å². The van der Waals surface area contributed by atoms with Crippen LogP contribution in [0.3, 0.4) is 0 Å². The van der Waals surface area contributed by atoms with E-state index in [9.17, 15) is 8.42 Å². The molecule has 0 aromatic heterocycles. The second kappa shape index (κ2) is 6.73. The molecule has 1 aliphatic carbocycles. The van der Waals surface area contributed by atoms with Crippen molar-refractivity contribution in [2.75, 3.05) is 39.5 Å². The van der Waals surface area contributed by atoms with Gasteiger partial charge >= 0.3 is 0 Å². The Morgan fingerprint density at radius 2 is 1.80 bits per heavy atom. The quantitative estimate of drug-likeness (QED) is 0.832. The van der Waals surface area contributed by atoms with Gasteiger partial charge in [-0.1, -0.05) is 13.3 Å². The standard InChI is InChI=1S/C14H29N3O2S/c1-4-12-5-6-13(15-2)14(11-12)16-7-9-17(10-8-16)20(3,18)19/h12-15H,4-11H2,1-3H3. The zero-order valence-electron chi connectivity index (χ0n) is 13.0. The molecule has 5 nitrogen and oxygen atoms in total. The molecular weight excluding hydrogens is 274 g/mol. The number of nitrogens with one attached hydrogen (secondary N) is 1. The lowest BCUT2D eigenvalue weighted by Crippen LogP contribution is -2.58. The van der Waals surface area contributed by atoms with E-state index >= 15 is 0 Å². The van der Waals surface area contributed by atoms with E-state index in [0.717, 1.165) is 19.0 Å². The van der Waals surface area contributed by atoms with Crippen molar-refractivity contribution in [2.45, 2.75) is 44.7 Å². The number of hydrogen-bond acceptors (Lipinski definition) is 4. The summed E-state index contributed by atoms with van der Waals surface area (Å²) >= 11 is 0. The highest BCUT2D eigenvalue weighted by atomic mass is 32.2. The monoisotopic (exact) mass is 303 g/mol. The molecule has 118 valence electrons. The van der Waals surface area contributed by atoms with E-state index in [1.54, 1.807) is 4.31 Å². The van der Waals surface area contributed by atoms with E-state index in [-0.39, 0.29) is 0 Å². The first-order chi connectivity index (χ1) is 9.45. The maximum atomic E-state index is 11.6. The molecule has 0 aromatic rings. The highest BCUT2D eigenvalue weighted by molar-refractivity contribution is 7.88. The smallest absolute Gasteiger partial charge is 0.211 e. The van der Waals surface area contributed by atoms with Gasteiger partial charge in [-0.15, -0.1) is 0 Å². The lowest BCUT2D eigenvalue weighted by molar-refractivity contribution is 0.0702. The number of sulfonamides is 1. The van der Waals surface area contributed by atoms with E-state index in [2.05, 4.69) is 24.2 Å². The molecule has 1 heterocycles. The maximum absolute atomic E-state index is 11.6. The molecular formula is C14H29N3O2S.